The van der Waals surface area contributed by atoms with Crippen molar-refractivity contribution < 1.29 is 24.8 Å². The van der Waals surface area contributed by atoms with Crippen molar-refractivity contribution >= 4 is 0 Å². The number of ether oxygens (including phenoxy) is 2. The first-order valence-corrected chi connectivity index (χ1v) is 7.70. The monoisotopic (exact) mass is 320 g/mol. The van der Waals surface area contributed by atoms with Crippen LogP contribution < -0.4 is 22.5 Å². The minimum Gasteiger partial charge on any atom is -0.395 e. The van der Waals surface area contributed by atoms with E-state index in [0.717, 1.165) is 0 Å². The van der Waals surface area contributed by atoms with Crippen molar-refractivity contribution in [3.8, 4) is 0 Å². The largest absolute Gasteiger partial charge is 0.395 e. The van der Waals surface area contributed by atoms with Gasteiger partial charge in [0.1, 0.15) is 18.3 Å². The molecule has 130 valence electrons. The first kappa shape index (κ1) is 18.0. The van der Waals surface area contributed by atoms with Gasteiger partial charge in [-0.1, -0.05) is 0 Å². The van der Waals surface area contributed by atoms with Crippen molar-refractivity contribution in [2.75, 3.05) is 19.7 Å². The molecule has 1 unspecified atom stereocenters. The van der Waals surface area contributed by atoms with Crippen molar-refractivity contribution in [1.29, 1.82) is 0 Å². The molecule has 0 aromatic rings. The summed E-state index contributed by atoms with van der Waals surface area (Å²) in [7, 11) is 0. The Bertz CT molecular complexity index is 348. The molecule has 2 aliphatic heterocycles. The summed E-state index contributed by atoms with van der Waals surface area (Å²) in [5.41, 5.74) is 17.5. The Morgan fingerprint density at radius 2 is 1.95 bits per heavy atom. The van der Waals surface area contributed by atoms with Crippen LogP contribution in [0.15, 0.2) is 0 Å². The molecule has 0 saturated carbocycles. The van der Waals surface area contributed by atoms with Crippen molar-refractivity contribution in [1.82, 2.24) is 5.32 Å². The SMILES string of the molecule is NC[C@H]1O[C@H](OC2C[C@H](CO)NCC[C@@H]2N)[C@H](N)[C@@H](O)[C@@H]1O. The first-order valence-electron chi connectivity index (χ1n) is 7.70. The molecule has 2 fully saturated rings. The average Bonchev–Trinajstić information content (AvgIpc) is 2.69. The third-order valence-electron chi connectivity index (χ3n) is 4.42. The Hall–Kier alpha value is -0.360. The predicted octanol–water partition coefficient (Wildman–Crippen LogP) is -3.82. The standard InChI is InChI=1S/C13H28N4O5/c14-4-9-11(19)12(20)10(16)13(22-9)21-8-3-6(5-18)17-2-1-7(8)15/h6-13,17-20H,1-5,14-16H2/t6-,7+,8?,9-,10-,11-,12-,13+/m1/s1. The normalized spacial score (nSPS) is 47.2. The van der Waals surface area contributed by atoms with Gasteiger partial charge in [-0.3, -0.25) is 0 Å². The number of nitrogens with one attached hydrogen (secondary N) is 1. The van der Waals surface area contributed by atoms with Crippen molar-refractivity contribution in [2.45, 2.75) is 61.7 Å². The zero-order valence-corrected chi connectivity index (χ0v) is 12.5. The summed E-state index contributed by atoms with van der Waals surface area (Å²) in [6.07, 6.45) is -3.14. The van der Waals surface area contributed by atoms with Crippen molar-refractivity contribution in [2.24, 2.45) is 17.2 Å². The third kappa shape index (κ3) is 3.94. The van der Waals surface area contributed by atoms with E-state index in [1.165, 1.54) is 0 Å². The summed E-state index contributed by atoms with van der Waals surface area (Å²) in [4.78, 5) is 0. The second kappa shape index (κ2) is 7.95. The number of nitrogens with two attached hydrogens (primary N) is 3. The number of hydrogen-bond donors (Lipinski definition) is 7. The molecule has 0 amide bonds. The number of rotatable bonds is 4. The van der Waals surface area contributed by atoms with Crippen LogP contribution in [0.25, 0.3) is 0 Å². The highest BCUT2D eigenvalue weighted by molar-refractivity contribution is 4.93. The summed E-state index contributed by atoms with van der Waals surface area (Å²) in [6.45, 7) is 0.718. The average molecular weight is 320 g/mol. The topological polar surface area (TPSA) is 169 Å². The summed E-state index contributed by atoms with van der Waals surface area (Å²) < 4.78 is 11.4. The third-order valence-corrected chi connectivity index (χ3v) is 4.42. The maximum atomic E-state index is 9.99. The summed E-state index contributed by atoms with van der Waals surface area (Å²) in [5, 5.41) is 32.4. The molecule has 2 heterocycles. The van der Waals surface area contributed by atoms with Crippen LogP contribution in [0.3, 0.4) is 0 Å². The van der Waals surface area contributed by atoms with Gasteiger partial charge in [-0.05, 0) is 19.4 Å². The smallest absolute Gasteiger partial charge is 0.176 e. The molecule has 0 aromatic heterocycles. The molecule has 0 aliphatic carbocycles. The molecule has 0 radical (unpaired) electrons. The lowest BCUT2D eigenvalue weighted by Gasteiger charge is -2.42. The van der Waals surface area contributed by atoms with Crippen LogP contribution in [-0.2, 0) is 9.47 Å². The van der Waals surface area contributed by atoms with Crippen LogP contribution in [-0.4, -0.2) is 83.8 Å². The van der Waals surface area contributed by atoms with Crippen LogP contribution in [0.5, 0.6) is 0 Å². The molecule has 9 heteroatoms. The number of hydrogen-bond acceptors (Lipinski definition) is 9. The van der Waals surface area contributed by atoms with E-state index in [1.807, 2.05) is 0 Å². The highest BCUT2D eigenvalue weighted by Crippen LogP contribution is 2.24. The minimum atomic E-state index is -1.18. The second-order valence-electron chi connectivity index (χ2n) is 6.03. The molecular formula is C13H28N4O5. The van der Waals surface area contributed by atoms with Crippen LogP contribution in [0, 0.1) is 0 Å². The van der Waals surface area contributed by atoms with E-state index in [1.54, 1.807) is 0 Å². The van der Waals surface area contributed by atoms with Gasteiger partial charge in [-0.25, -0.2) is 0 Å². The number of aliphatic hydroxyl groups is 3. The van der Waals surface area contributed by atoms with Gasteiger partial charge in [0.25, 0.3) is 0 Å². The van der Waals surface area contributed by atoms with Gasteiger partial charge in [0.15, 0.2) is 6.29 Å². The summed E-state index contributed by atoms with van der Waals surface area (Å²) >= 11 is 0. The van der Waals surface area contributed by atoms with Gasteiger partial charge in [-0.15, -0.1) is 0 Å². The van der Waals surface area contributed by atoms with Gasteiger partial charge < -0.3 is 47.3 Å². The van der Waals surface area contributed by atoms with Gasteiger partial charge in [0.05, 0.1) is 18.8 Å². The van der Waals surface area contributed by atoms with E-state index in [-0.39, 0.29) is 31.3 Å². The molecular weight excluding hydrogens is 292 g/mol. The van der Waals surface area contributed by atoms with E-state index in [9.17, 15) is 15.3 Å². The van der Waals surface area contributed by atoms with Crippen LogP contribution >= 0.6 is 0 Å². The van der Waals surface area contributed by atoms with Crippen molar-refractivity contribution in [3.05, 3.63) is 0 Å². The van der Waals surface area contributed by atoms with Gasteiger partial charge >= 0.3 is 0 Å². The van der Waals surface area contributed by atoms with E-state index in [2.05, 4.69) is 5.32 Å². The van der Waals surface area contributed by atoms with Gasteiger partial charge in [-0.2, -0.15) is 0 Å². The van der Waals surface area contributed by atoms with Gasteiger partial charge in [0.2, 0.25) is 0 Å². The molecule has 9 nitrogen and oxygen atoms in total. The fourth-order valence-electron chi connectivity index (χ4n) is 2.92. The lowest BCUT2D eigenvalue weighted by Crippen LogP contribution is -2.64. The fourth-order valence-corrected chi connectivity index (χ4v) is 2.92. The highest BCUT2D eigenvalue weighted by Gasteiger charge is 2.44. The highest BCUT2D eigenvalue weighted by atomic mass is 16.7. The van der Waals surface area contributed by atoms with E-state index in [4.69, 9.17) is 26.7 Å². The molecule has 22 heavy (non-hydrogen) atoms. The molecule has 2 saturated heterocycles. The Morgan fingerprint density at radius 3 is 2.59 bits per heavy atom. The number of aliphatic hydroxyl groups excluding tert-OH is 3. The quantitative estimate of drug-likeness (QED) is 0.274. The lowest BCUT2D eigenvalue weighted by molar-refractivity contribution is -0.272. The second-order valence-corrected chi connectivity index (χ2v) is 6.03. The Balaban J connectivity index is 2.03. The Morgan fingerprint density at radius 1 is 1.23 bits per heavy atom. The summed E-state index contributed by atoms with van der Waals surface area (Å²) in [5.74, 6) is 0. The van der Waals surface area contributed by atoms with E-state index in [0.29, 0.717) is 19.4 Å². The first-order chi connectivity index (χ1) is 10.5. The molecule has 2 rings (SSSR count). The molecule has 0 aromatic carbocycles. The Kier molecular flexibility index (Phi) is 6.50. The van der Waals surface area contributed by atoms with Crippen LogP contribution in [0.2, 0.25) is 0 Å². The molecule has 8 atom stereocenters. The lowest BCUT2D eigenvalue weighted by atomic mass is 9.97. The zero-order valence-electron chi connectivity index (χ0n) is 12.5. The Labute approximate surface area is 129 Å². The maximum Gasteiger partial charge on any atom is 0.176 e. The molecule has 0 spiro atoms. The minimum absolute atomic E-state index is 0.0169. The van der Waals surface area contributed by atoms with Crippen molar-refractivity contribution in [3.63, 3.8) is 0 Å². The van der Waals surface area contributed by atoms with Crippen LogP contribution in [0.1, 0.15) is 12.8 Å². The maximum absolute atomic E-state index is 9.99. The van der Waals surface area contributed by atoms with E-state index >= 15 is 0 Å². The van der Waals surface area contributed by atoms with Crippen LogP contribution in [0.4, 0.5) is 0 Å². The predicted molar refractivity (Wildman–Crippen MR) is 78.7 cm³/mol. The van der Waals surface area contributed by atoms with E-state index < -0.39 is 30.6 Å². The molecule has 2 aliphatic rings. The molecule has 10 N–H and O–H groups in total. The summed E-state index contributed by atoms with van der Waals surface area (Å²) in [6, 6.07) is -1.24. The zero-order chi connectivity index (χ0) is 16.3. The fraction of sp³-hybridized carbons (Fsp3) is 1.00. The molecule has 0 bridgehead atoms. The van der Waals surface area contributed by atoms with Gasteiger partial charge in [0, 0.05) is 18.6 Å².